The average Bonchev–Trinajstić information content (AvgIpc) is 3.35. The van der Waals surface area contributed by atoms with E-state index in [1.807, 2.05) is 19.1 Å². The van der Waals surface area contributed by atoms with Gasteiger partial charge < -0.3 is 20.5 Å². The van der Waals surface area contributed by atoms with Crippen molar-refractivity contribution >= 4 is 23.3 Å². The number of aromatic nitrogens is 4. The molecule has 4 bridgehead atoms. The lowest BCUT2D eigenvalue weighted by Crippen LogP contribution is -2.59. The van der Waals surface area contributed by atoms with E-state index in [-0.39, 0.29) is 0 Å². The molecular formula is C22H28N6O2. The first-order valence-electron chi connectivity index (χ1n) is 11.0. The number of nitrogens with one attached hydrogen (secondary N) is 3. The third kappa shape index (κ3) is 3.23. The maximum Gasteiger partial charge on any atom is 0.225 e. The minimum absolute atomic E-state index is 0.316. The van der Waals surface area contributed by atoms with Gasteiger partial charge >= 0.3 is 0 Å². The fraction of sp³-hybridized carbons (Fsp3) is 0.591. The third-order valence-corrected chi connectivity index (χ3v) is 7.18. The topological polar surface area (TPSA) is 108 Å². The second kappa shape index (κ2) is 6.70. The summed E-state index contributed by atoms with van der Waals surface area (Å²) >= 11 is 0. The van der Waals surface area contributed by atoms with E-state index in [1.165, 1.54) is 12.8 Å². The Morgan fingerprint density at radius 2 is 1.97 bits per heavy atom. The molecule has 5 aliphatic rings. The van der Waals surface area contributed by atoms with E-state index in [4.69, 9.17) is 14.7 Å². The summed E-state index contributed by atoms with van der Waals surface area (Å²) in [5, 5.41) is 25.0. The molecular weight excluding hydrogens is 380 g/mol. The van der Waals surface area contributed by atoms with Crippen LogP contribution in [0.4, 0.5) is 17.6 Å². The van der Waals surface area contributed by atoms with E-state index >= 15 is 0 Å². The van der Waals surface area contributed by atoms with Crippen LogP contribution in [0.1, 0.15) is 49.9 Å². The summed E-state index contributed by atoms with van der Waals surface area (Å²) in [5.41, 5.74) is 1.32. The predicted molar refractivity (Wildman–Crippen MR) is 113 cm³/mol. The molecule has 4 fully saturated rings. The highest BCUT2D eigenvalue weighted by molar-refractivity contribution is 5.64. The molecule has 7 rings (SSSR count). The van der Waals surface area contributed by atoms with Crippen molar-refractivity contribution in [2.75, 3.05) is 17.2 Å². The van der Waals surface area contributed by atoms with Crippen molar-refractivity contribution in [1.29, 1.82) is 0 Å². The zero-order chi connectivity index (χ0) is 20.3. The first kappa shape index (κ1) is 18.2. The van der Waals surface area contributed by atoms with Crippen molar-refractivity contribution < 1.29 is 9.84 Å². The zero-order valence-electron chi connectivity index (χ0n) is 17.2. The Bertz CT molecular complexity index is 985. The van der Waals surface area contributed by atoms with Gasteiger partial charge in [0.25, 0.3) is 0 Å². The average molecular weight is 409 g/mol. The third-order valence-electron chi connectivity index (χ3n) is 7.18. The van der Waals surface area contributed by atoms with E-state index in [9.17, 15) is 5.11 Å². The van der Waals surface area contributed by atoms with Crippen LogP contribution in [0, 0.1) is 24.7 Å². The number of aryl methyl sites for hydroxylation is 1. The molecule has 158 valence electrons. The van der Waals surface area contributed by atoms with Gasteiger partial charge in [0.15, 0.2) is 5.82 Å². The Hall–Kier alpha value is -2.61. The second-order valence-electron chi connectivity index (χ2n) is 9.59. The highest BCUT2D eigenvalue weighted by atomic mass is 16.5. The van der Waals surface area contributed by atoms with E-state index in [2.05, 4.69) is 26.9 Å². The van der Waals surface area contributed by atoms with Gasteiger partial charge in [0.2, 0.25) is 5.95 Å². The van der Waals surface area contributed by atoms with Crippen LogP contribution in [0.5, 0.6) is 0 Å². The maximum absolute atomic E-state index is 10.9. The Labute approximate surface area is 175 Å². The number of nitrogens with zero attached hydrogens (tertiary/aromatic N) is 3. The molecule has 4 saturated carbocycles. The number of hydrogen-bond donors (Lipinski definition) is 4. The van der Waals surface area contributed by atoms with Crippen LogP contribution in [0.15, 0.2) is 18.2 Å². The molecule has 0 radical (unpaired) electrons. The van der Waals surface area contributed by atoms with Gasteiger partial charge in [-0.15, -0.1) is 0 Å². The van der Waals surface area contributed by atoms with Crippen LogP contribution >= 0.6 is 0 Å². The molecule has 30 heavy (non-hydrogen) atoms. The molecule has 8 heteroatoms. The van der Waals surface area contributed by atoms with Gasteiger partial charge in [0, 0.05) is 30.3 Å². The number of ether oxygens (including phenoxy) is 1. The van der Waals surface area contributed by atoms with Crippen LogP contribution in [-0.4, -0.2) is 43.5 Å². The minimum atomic E-state index is -0.440. The Morgan fingerprint density at radius 1 is 1.13 bits per heavy atom. The molecule has 0 saturated heterocycles. The van der Waals surface area contributed by atoms with Gasteiger partial charge in [-0.1, -0.05) is 0 Å². The number of aliphatic hydroxyl groups is 1. The lowest BCUT2D eigenvalue weighted by Gasteiger charge is -2.58. The largest absolute Gasteiger partial charge is 0.491 e. The van der Waals surface area contributed by atoms with Crippen molar-refractivity contribution in [3.63, 3.8) is 0 Å². The van der Waals surface area contributed by atoms with E-state index in [1.54, 1.807) is 0 Å². The number of hydrogen-bond acceptors (Lipinski definition) is 7. The highest BCUT2D eigenvalue weighted by Gasteiger charge is 2.54. The molecule has 0 aromatic carbocycles. The summed E-state index contributed by atoms with van der Waals surface area (Å²) in [6.07, 6.45) is 8.14. The fourth-order valence-corrected chi connectivity index (χ4v) is 6.28. The molecule has 4 N–H and O–H groups in total. The van der Waals surface area contributed by atoms with Crippen molar-refractivity contribution in [3.8, 4) is 0 Å². The van der Waals surface area contributed by atoms with Crippen LogP contribution in [0.25, 0.3) is 5.76 Å². The normalized spacial score (nSPS) is 34.0. The van der Waals surface area contributed by atoms with Gasteiger partial charge in [0.05, 0.1) is 12.2 Å². The molecule has 0 amide bonds. The first-order valence-corrected chi connectivity index (χ1v) is 11.0. The van der Waals surface area contributed by atoms with Gasteiger partial charge in [-0.3, -0.25) is 5.10 Å². The number of H-pyrrole nitrogens is 1. The molecule has 3 heterocycles. The van der Waals surface area contributed by atoms with Crippen molar-refractivity contribution in [1.82, 2.24) is 20.2 Å². The second-order valence-corrected chi connectivity index (χ2v) is 9.59. The van der Waals surface area contributed by atoms with E-state index < -0.39 is 5.60 Å². The SMILES string of the molecule is Cc1cc(Nc2cc(C3=CCCO3)nc(NC3C4CC5CC3CC(O)(C5)C4)n2)n[nH]1. The Balaban J connectivity index is 1.30. The summed E-state index contributed by atoms with van der Waals surface area (Å²) in [4.78, 5) is 9.53. The highest BCUT2D eigenvalue weighted by Crippen LogP contribution is 2.56. The zero-order valence-corrected chi connectivity index (χ0v) is 17.2. The van der Waals surface area contributed by atoms with Crippen LogP contribution in [0.3, 0.4) is 0 Å². The number of aromatic amines is 1. The van der Waals surface area contributed by atoms with E-state index in [0.717, 1.165) is 48.6 Å². The molecule has 8 nitrogen and oxygen atoms in total. The quantitative estimate of drug-likeness (QED) is 0.601. The van der Waals surface area contributed by atoms with Crippen LogP contribution in [-0.2, 0) is 4.74 Å². The standard InChI is InChI=1S/C22H28N6O2/c1-12-5-19(28-27-12)24-18-8-16(17-3-2-4-30-17)23-21(25-18)26-20-14-6-13-7-15(20)11-22(29,9-13)10-14/h3,5,8,13-15,20,29H,2,4,6-7,9-11H2,1H3,(H3,23,24,25,26,27,28). The monoisotopic (exact) mass is 408 g/mol. The predicted octanol–water partition coefficient (Wildman–Crippen LogP) is 3.36. The molecule has 2 unspecified atom stereocenters. The Morgan fingerprint density at radius 3 is 2.63 bits per heavy atom. The smallest absolute Gasteiger partial charge is 0.225 e. The van der Waals surface area contributed by atoms with Gasteiger partial charge in [-0.05, 0) is 62.9 Å². The first-order chi connectivity index (χ1) is 14.5. The molecule has 2 atom stereocenters. The minimum Gasteiger partial charge on any atom is -0.491 e. The molecule has 4 aliphatic carbocycles. The van der Waals surface area contributed by atoms with Crippen LogP contribution < -0.4 is 10.6 Å². The molecule has 1 aliphatic heterocycles. The van der Waals surface area contributed by atoms with Gasteiger partial charge in [-0.25, -0.2) is 4.98 Å². The van der Waals surface area contributed by atoms with Crippen molar-refractivity contribution in [2.45, 2.75) is 57.1 Å². The number of anilines is 3. The summed E-state index contributed by atoms with van der Waals surface area (Å²) in [6, 6.07) is 4.17. The summed E-state index contributed by atoms with van der Waals surface area (Å²) in [7, 11) is 0. The van der Waals surface area contributed by atoms with E-state index in [0.29, 0.717) is 42.2 Å². The van der Waals surface area contributed by atoms with Crippen molar-refractivity contribution in [2.24, 2.45) is 17.8 Å². The molecule has 0 spiro atoms. The fourth-order valence-electron chi connectivity index (χ4n) is 6.28. The summed E-state index contributed by atoms with van der Waals surface area (Å²) in [6.45, 7) is 2.66. The van der Waals surface area contributed by atoms with Gasteiger partial charge in [-0.2, -0.15) is 10.1 Å². The molecule has 2 aromatic heterocycles. The van der Waals surface area contributed by atoms with Crippen molar-refractivity contribution in [3.05, 3.63) is 29.6 Å². The lowest BCUT2D eigenvalue weighted by molar-refractivity contribution is -0.129. The summed E-state index contributed by atoms with van der Waals surface area (Å²) in [5.74, 6) is 4.48. The molecule has 2 aromatic rings. The van der Waals surface area contributed by atoms with Gasteiger partial charge in [0.1, 0.15) is 17.3 Å². The Kier molecular flexibility index (Phi) is 4.06. The lowest BCUT2D eigenvalue weighted by atomic mass is 9.52. The number of rotatable bonds is 5. The van der Waals surface area contributed by atoms with Crippen LogP contribution in [0.2, 0.25) is 0 Å². The maximum atomic E-state index is 10.9. The summed E-state index contributed by atoms with van der Waals surface area (Å²) < 4.78 is 5.76.